The molecule has 120 valence electrons. The highest BCUT2D eigenvalue weighted by Crippen LogP contribution is 2.42. The highest BCUT2D eigenvalue weighted by molar-refractivity contribution is 5.76. The Morgan fingerprint density at radius 3 is 2.32 bits per heavy atom. The highest BCUT2D eigenvalue weighted by atomic mass is 16.6. The summed E-state index contributed by atoms with van der Waals surface area (Å²) in [4.78, 5) is 23.8. The van der Waals surface area contributed by atoms with E-state index in [-0.39, 0.29) is 23.5 Å². The van der Waals surface area contributed by atoms with Crippen molar-refractivity contribution in [2.45, 2.75) is 32.8 Å². The van der Waals surface area contributed by atoms with Crippen LogP contribution in [0.1, 0.15) is 30.9 Å². The van der Waals surface area contributed by atoms with Crippen LogP contribution in [0.25, 0.3) is 0 Å². The van der Waals surface area contributed by atoms with Gasteiger partial charge in [0.25, 0.3) is 5.69 Å². The number of hydrogen-bond donors (Lipinski definition) is 0. The molecule has 0 bridgehead atoms. The van der Waals surface area contributed by atoms with E-state index in [0.717, 1.165) is 25.9 Å². The van der Waals surface area contributed by atoms with Gasteiger partial charge in [-0.05, 0) is 24.8 Å². The lowest BCUT2D eigenvalue weighted by Gasteiger charge is -2.22. The standard InChI is InChI=1S/C14H19N3O5/c1-3-10-8-12(16(18)19)11(9-22-2)14(17(20)21)13(10)15-6-4-5-7-15/h8H,3-7,9H2,1-2H3. The normalized spacial score (nSPS) is 14.4. The maximum Gasteiger partial charge on any atom is 0.305 e. The van der Waals surface area contributed by atoms with Gasteiger partial charge in [-0.1, -0.05) is 6.92 Å². The van der Waals surface area contributed by atoms with Crippen LogP contribution in [0.2, 0.25) is 0 Å². The first-order valence-corrected chi connectivity index (χ1v) is 7.22. The molecule has 0 amide bonds. The van der Waals surface area contributed by atoms with E-state index in [0.29, 0.717) is 17.7 Å². The third-order valence-corrected chi connectivity index (χ3v) is 3.91. The summed E-state index contributed by atoms with van der Waals surface area (Å²) in [5.41, 5.74) is 0.766. The first kappa shape index (κ1) is 16.2. The van der Waals surface area contributed by atoms with Crippen LogP contribution in [0.3, 0.4) is 0 Å². The molecule has 1 aliphatic heterocycles. The van der Waals surface area contributed by atoms with E-state index in [9.17, 15) is 20.2 Å². The second kappa shape index (κ2) is 6.69. The third-order valence-electron chi connectivity index (χ3n) is 3.91. The minimum absolute atomic E-state index is 0.0385. The molecule has 1 aliphatic rings. The number of methoxy groups -OCH3 is 1. The Morgan fingerprint density at radius 2 is 1.86 bits per heavy atom. The number of benzene rings is 1. The van der Waals surface area contributed by atoms with Gasteiger partial charge in [0.1, 0.15) is 11.3 Å². The van der Waals surface area contributed by atoms with Crippen LogP contribution in [-0.4, -0.2) is 30.0 Å². The zero-order chi connectivity index (χ0) is 16.3. The molecule has 0 spiro atoms. The van der Waals surface area contributed by atoms with Gasteiger partial charge in [-0.25, -0.2) is 0 Å². The molecule has 0 unspecified atom stereocenters. The van der Waals surface area contributed by atoms with Crippen molar-refractivity contribution < 1.29 is 14.6 Å². The van der Waals surface area contributed by atoms with Gasteiger partial charge in [0.05, 0.1) is 16.5 Å². The maximum absolute atomic E-state index is 11.6. The van der Waals surface area contributed by atoms with E-state index in [1.165, 1.54) is 13.2 Å². The van der Waals surface area contributed by atoms with Gasteiger partial charge in [-0.2, -0.15) is 0 Å². The van der Waals surface area contributed by atoms with Crippen molar-refractivity contribution >= 4 is 17.1 Å². The Hall–Kier alpha value is -2.22. The molecule has 0 saturated carbocycles. The number of anilines is 1. The molecule has 1 fully saturated rings. The van der Waals surface area contributed by atoms with Crippen LogP contribution in [0.15, 0.2) is 6.07 Å². The molecule has 8 heteroatoms. The Morgan fingerprint density at radius 1 is 1.23 bits per heavy atom. The summed E-state index contributed by atoms with van der Waals surface area (Å²) < 4.78 is 4.97. The average Bonchev–Trinajstić information content (AvgIpc) is 2.99. The first-order chi connectivity index (χ1) is 10.5. The molecule has 1 saturated heterocycles. The number of nitro groups is 2. The molecule has 0 atom stereocenters. The van der Waals surface area contributed by atoms with E-state index in [1.807, 2.05) is 11.8 Å². The lowest BCUT2D eigenvalue weighted by atomic mass is 10.0. The van der Waals surface area contributed by atoms with Crippen LogP contribution < -0.4 is 4.90 Å². The highest BCUT2D eigenvalue weighted by Gasteiger charge is 2.34. The monoisotopic (exact) mass is 309 g/mol. The van der Waals surface area contributed by atoms with Crippen LogP contribution in [0, 0.1) is 20.2 Å². The smallest absolute Gasteiger partial charge is 0.305 e. The van der Waals surface area contributed by atoms with E-state index < -0.39 is 9.85 Å². The van der Waals surface area contributed by atoms with E-state index >= 15 is 0 Å². The summed E-state index contributed by atoms with van der Waals surface area (Å²) in [6.45, 7) is 3.16. The second-order valence-corrected chi connectivity index (χ2v) is 5.23. The molecule has 1 aromatic carbocycles. The molecule has 0 radical (unpaired) electrons. The summed E-state index contributed by atoms with van der Waals surface area (Å²) in [5, 5.41) is 22.9. The zero-order valence-electron chi connectivity index (χ0n) is 12.7. The number of nitrogens with zero attached hydrogens (tertiary/aromatic N) is 3. The SMILES string of the molecule is CCc1cc([N+](=O)[O-])c(COC)c([N+](=O)[O-])c1N1CCCC1. The largest absolute Gasteiger partial charge is 0.379 e. The van der Waals surface area contributed by atoms with E-state index in [1.54, 1.807) is 0 Å². The number of aryl methyl sites for hydroxylation is 1. The molecule has 1 heterocycles. The van der Waals surface area contributed by atoms with Crippen LogP contribution in [-0.2, 0) is 17.8 Å². The lowest BCUT2D eigenvalue weighted by molar-refractivity contribution is -0.395. The van der Waals surface area contributed by atoms with E-state index in [4.69, 9.17) is 4.74 Å². The molecule has 1 aromatic rings. The number of nitro benzene ring substituents is 2. The van der Waals surface area contributed by atoms with Gasteiger partial charge < -0.3 is 9.64 Å². The van der Waals surface area contributed by atoms with Gasteiger partial charge in [0.15, 0.2) is 0 Å². The molecule has 0 aromatic heterocycles. The summed E-state index contributed by atoms with van der Waals surface area (Å²) in [5.74, 6) is 0. The topological polar surface area (TPSA) is 98.8 Å². The first-order valence-electron chi connectivity index (χ1n) is 7.22. The molecular weight excluding hydrogens is 290 g/mol. The summed E-state index contributed by atoms with van der Waals surface area (Å²) in [6, 6.07) is 1.45. The van der Waals surface area contributed by atoms with Crippen molar-refractivity contribution in [1.82, 2.24) is 0 Å². The average molecular weight is 309 g/mol. The van der Waals surface area contributed by atoms with Crippen molar-refractivity contribution in [1.29, 1.82) is 0 Å². The predicted octanol–water partition coefficient (Wildman–Crippen LogP) is 2.81. The van der Waals surface area contributed by atoms with Gasteiger partial charge in [-0.3, -0.25) is 20.2 Å². The minimum atomic E-state index is -0.575. The van der Waals surface area contributed by atoms with Crippen molar-refractivity contribution in [2.75, 3.05) is 25.1 Å². The molecular formula is C14H19N3O5. The Kier molecular flexibility index (Phi) is 4.92. The Labute approximate surface area is 128 Å². The predicted molar refractivity (Wildman–Crippen MR) is 81.3 cm³/mol. The number of rotatable bonds is 6. The van der Waals surface area contributed by atoms with Crippen molar-refractivity contribution in [2.24, 2.45) is 0 Å². The Balaban J connectivity index is 2.76. The fourth-order valence-corrected chi connectivity index (χ4v) is 2.95. The lowest BCUT2D eigenvalue weighted by Crippen LogP contribution is -2.22. The molecule has 22 heavy (non-hydrogen) atoms. The molecule has 0 aliphatic carbocycles. The fraction of sp³-hybridized carbons (Fsp3) is 0.571. The van der Waals surface area contributed by atoms with Gasteiger partial charge in [0.2, 0.25) is 0 Å². The van der Waals surface area contributed by atoms with Crippen molar-refractivity contribution in [3.05, 3.63) is 37.4 Å². The zero-order valence-corrected chi connectivity index (χ0v) is 12.7. The summed E-state index contributed by atoms with van der Waals surface area (Å²) in [7, 11) is 1.37. The fourth-order valence-electron chi connectivity index (χ4n) is 2.95. The third kappa shape index (κ3) is 2.87. The van der Waals surface area contributed by atoms with Gasteiger partial charge in [-0.15, -0.1) is 0 Å². The van der Waals surface area contributed by atoms with Crippen LogP contribution >= 0.6 is 0 Å². The minimum Gasteiger partial charge on any atom is -0.379 e. The van der Waals surface area contributed by atoms with Crippen molar-refractivity contribution in [3.63, 3.8) is 0 Å². The second-order valence-electron chi connectivity index (χ2n) is 5.23. The molecule has 0 N–H and O–H groups in total. The molecule has 8 nitrogen and oxygen atoms in total. The van der Waals surface area contributed by atoms with Crippen molar-refractivity contribution in [3.8, 4) is 0 Å². The van der Waals surface area contributed by atoms with Crippen LogP contribution in [0.5, 0.6) is 0 Å². The maximum atomic E-state index is 11.6. The summed E-state index contributed by atoms with van der Waals surface area (Å²) in [6.07, 6.45) is 2.44. The van der Waals surface area contributed by atoms with Gasteiger partial charge >= 0.3 is 5.69 Å². The van der Waals surface area contributed by atoms with Gasteiger partial charge in [0, 0.05) is 26.3 Å². The number of ether oxygens (including phenoxy) is 1. The number of hydrogen-bond acceptors (Lipinski definition) is 6. The summed E-state index contributed by atoms with van der Waals surface area (Å²) >= 11 is 0. The van der Waals surface area contributed by atoms with Crippen LogP contribution in [0.4, 0.5) is 17.1 Å². The van der Waals surface area contributed by atoms with E-state index in [2.05, 4.69) is 0 Å². The molecule has 2 rings (SSSR count). The Bertz CT molecular complexity index is 597. The quantitative estimate of drug-likeness (QED) is 0.592.